The van der Waals surface area contributed by atoms with E-state index in [0.717, 1.165) is 6.21 Å². The van der Waals surface area contributed by atoms with Crippen molar-refractivity contribution in [3.05, 3.63) is 53.1 Å². The smallest absolute Gasteiger partial charge is 0.270 e. The number of halogens is 1. The largest absolute Gasteiger partial charge is 0.495 e. The van der Waals surface area contributed by atoms with Crippen LogP contribution in [-0.4, -0.2) is 31.7 Å². The molecule has 0 aliphatic carbocycles. The van der Waals surface area contributed by atoms with E-state index in [1.807, 2.05) is 6.07 Å². The normalized spacial score (nSPS) is 10.1. The van der Waals surface area contributed by atoms with Crippen LogP contribution in [-0.2, 0) is 14.4 Å². The predicted octanol–water partition coefficient (Wildman–Crippen LogP) is 2.80. The average molecular weight is 387 g/mol. The van der Waals surface area contributed by atoms with Crippen molar-refractivity contribution in [2.75, 3.05) is 24.4 Å². The Balaban J connectivity index is 1.81. The van der Waals surface area contributed by atoms with E-state index in [0.29, 0.717) is 27.7 Å². The highest BCUT2D eigenvalue weighted by Gasteiger charge is 2.07. The molecular weight excluding hydrogens is 372 g/mol. The molecule has 2 aromatic rings. The molecule has 2 N–H and O–H groups in total. The molecule has 27 heavy (non-hydrogen) atoms. The second-order valence-corrected chi connectivity index (χ2v) is 5.52. The standard InChI is InChI=1S/C18H15ClN4O4/c1-26-16-6-5-13(19)8-15(16)23-17(24)10-21-27-11-18(25)22-14-4-2-3-12(7-14)9-20/h2-8,10H,11H2,1H3,(H,22,25)(H,23,24)/b21-10-. The van der Waals surface area contributed by atoms with Gasteiger partial charge in [-0.3, -0.25) is 9.59 Å². The number of anilines is 2. The molecule has 2 aromatic carbocycles. The van der Waals surface area contributed by atoms with E-state index >= 15 is 0 Å². The molecule has 9 heteroatoms. The fourth-order valence-corrected chi connectivity index (χ4v) is 2.16. The SMILES string of the molecule is COc1ccc(Cl)cc1NC(=O)/C=N\OCC(=O)Nc1cccc(C#N)c1. The van der Waals surface area contributed by atoms with Crippen LogP contribution in [0.2, 0.25) is 5.02 Å². The topological polar surface area (TPSA) is 113 Å². The molecule has 0 saturated carbocycles. The van der Waals surface area contributed by atoms with Gasteiger partial charge in [-0.15, -0.1) is 0 Å². The first kappa shape index (κ1) is 19.8. The second kappa shape index (κ2) is 9.79. The Labute approximate surface area is 160 Å². The molecule has 0 saturated heterocycles. The maximum absolute atomic E-state index is 11.8. The number of rotatable bonds is 7. The molecule has 0 spiro atoms. The summed E-state index contributed by atoms with van der Waals surface area (Å²) in [5.41, 5.74) is 1.24. The number of carbonyl (C=O) groups excluding carboxylic acids is 2. The zero-order valence-corrected chi connectivity index (χ0v) is 15.0. The van der Waals surface area contributed by atoms with Crippen LogP contribution < -0.4 is 15.4 Å². The molecule has 2 rings (SSSR count). The molecule has 0 aliphatic rings. The number of oxime groups is 1. The highest BCUT2D eigenvalue weighted by atomic mass is 35.5. The number of hydrogen-bond acceptors (Lipinski definition) is 6. The fourth-order valence-electron chi connectivity index (χ4n) is 1.99. The van der Waals surface area contributed by atoms with Crippen LogP contribution >= 0.6 is 11.6 Å². The molecule has 0 heterocycles. The van der Waals surface area contributed by atoms with Crippen molar-refractivity contribution in [3.8, 4) is 11.8 Å². The quantitative estimate of drug-likeness (QED) is 0.561. The van der Waals surface area contributed by atoms with Crippen molar-refractivity contribution in [1.82, 2.24) is 0 Å². The summed E-state index contributed by atoms with van der Waals surface area (Å²) in [6.07, 6.45) is 0.879. The van der Waals surface area contributed by atoms with E-state index in [9.17, 15) is 9.59 Å². The number of amides is 2. The lowest BCUT2D eigenvalue weighted by molar-refractivity contribution is -0.120. The van der Waals surface area contributed by atoms with Crippen LogP contribution in [0.15, 0.2) is 47.6 Å². The minimum atomic E-state index is -0.585. The van der Waals surface area contributed by atoms with Gasteiger partial charge in [0.05, 0.1) is 24.4 Å². The summed E-state index contributed by atoms with van der Waals surface area (Å²) < 4.78 is 5.11. The van der Waals surface area contributed by atoms with Gasteiger partial charge < -0.3 is 20.2 Å². The number of nitriles is 1. The van der Waals surface area contributed by atoms with Gasteiger partial charge in [-0.05, 0) is 36.4 Å². The highest BCUT2D eigenvalue weighted by molar-refractivity contribution is 6.33. The van der Waals surface area contributed by atoms with Crippen LogP contribution in [0.3, 0.4) is 0 Å². The summed E-state index contributed by atoms with van der Waals surface area (Å²) in [4.78, 5) is 28.4. The van der Waals surface area contributed by atoms with Crippen molar-refractivity contribution in [2.24, 2.45) is 5.16 Å². The average Bonchev–Trinajstić information content (AvgIpc) is 2.65. The minimum absolute atomic E-state index is 0.372. The molecule has 2 amide bonds. The van der Waals surface area contributed by atoms with E-state index < -0.39 is 18.4 Å². The summed E-state index contributed by atoms with van der Waals surface area (Å²) in [7, 11) is 1.46. The van der Waals surface area contributed by atoms with Gasteiger partial charge in [0.1, 0.15) is 12.0 Å². The number of hydrogen-bond donors (Lipinski definition) is 2. The lowest BCUT2D eigenvalue weighted by Gasteiger charge is -2.08. The first-order valence-electron chi connectivity index (χ1n) is 7.61. The summed E-state index contributed by atoms with van der Waals surface area (Å²) in [5.74, 6) is -0.641. The van der Waals surface area contributed by atoms with Gasteiger partial charge in [0.2, 0.25) is 0 Å². The Bertz CT molecular complexity index is 908. The third-order valence-corrected chi connectivity index (χ3v) is 3.37. The van der Waals surface area contributed by atoms with Crippen LogP contribution in [0.5, 0.6) is 5.75 Å². The summed E-state index contributed by atoms with van der Waals surface area (Å²) >= 11 is 5.88. The Morgan fingerprint density at radius 2 is 2.07 bits per heavy atom. The number of carbonyl (C=O) groups is 2. The van der Waals surface area contributed by atoms with E-state index in [1.54, 1.807) is 30.3 Å². The van der Waals surface area contributed by atoms with Gasteiger partial charge in [0, 0.05) is 10.7 Å². The molecule has 0 fully saturated rings. The Hall–Kier alpha value is -3.57. The molecule has 0 bridgehead atoms. The zero-order valence-electron chi connectivity index (χ0n) is 14.2. The van der Waals surface area contributed by atoms with Gasteiger partial charge in [-0.1, -0.05) is 22.8 Å². The first-order chi connectivity index (χ1) is 13.0. The van der Waals surface area contributed by atoms with Crippen LogP contribution in [0, 0.1) is 11.3 Å². The monoisotopic (exact) mass is 386 g/mol. The summed E-state index contributed by atoms with van der Waals surface area (Å²) in [6.45, 7) is -0.402. The van der Waals surface area contributed by atoms with Gasteiger partial charge in [0.15, 0.2) is 6.61 Å². The maximum atomic E-state index is 11.8. The number of methoxy groups -OCH3 is 1. The van der Waals surface area contributed by atoms with Gasteiger partial charge in [0.25, 0.3) is 11.8 Å². The number of nitrogens with one attached hydrogen (secondary N) is 2. The number of benzene rings is 2. The summed E-state index contributed by atoms with van der Waals surface area (Å²) in [5, 5.41) is 17.8. The van der Waals surface area contributed by atoms with Gasteiger partial charge in [-0.25, -0.2) is 0 Å². The molecule has 138 valence electrons. The molecular formula is C18H15ClN4O4. The maximum Gasteiger partial charge on any atom is 0.270 e. The Morgan fingerprint density at radius 1 is 1.26 bits per heavy atom. The van der Waals surface area contributed by atoms with Crippen LogP contribution in [0.1, 0.15) is 5.56 Å². The van der Waals surface area contributed by atoms with Crippen molar-refractivity contribution < 1.29 is 19.2 Å². The van der Waals surface area contributed by atoms with Crippen molar-refractivity contribution in [3.63, 3.8) is 0 Å². The fraction of sp³-hybridized carbons (Fsp3) is 0.111. The van der Waals surface area contributed by atoms with E-state index in [1.165, 1.54) is 19.2 Å². The summed E-state index contributed by atoms with van der Waals surface area (Å²) in [6, 6.07) is 13.1. The Morgan fingerprint density at radius 3 is 2.81 bits per heavy atom. The van der Waals surface area contributed by atoms with Crippen LogP contribution in [0.4, 0.5) is 11.4 Å². The number of ether oxygens (including phenoxy) is 1. The third kappa shape index (κ3) is 6.34. The van der Waals surface area contributed by atoms with Crippen molar-refractivity contribution in [2.45, 2.75) is 0 Å². The van der Waals surface area contributed by atoms with Crippen LogP contribution in [0.25, 0.3) is 0 Å². The van der Waals surface area contributed by atoms with Crippen molar-refractivity contribution in [1.29, 1.82) is 5.26 Å². The van der Waals surface area contributed by atoms with E-state index in [4.69, 9.17) is 26.4 Å². The zero-order chi connectivity index (χ0) is 19.6. The van der Waals surface area contributed by atoms with E-state index in [2.05, 4.69) is 15.8 Å². The van der Waals surface area contributed by atoms with Crippen molar-refractivity contribution >= 4 is 41.0 Å². The lowest BCUT2D eigenvalue weighted by atomic mass is 10.2. The number of nitrogens with zero attached hydrogens (tertiary/aromatic N) is 2. The predicted molar refractivity (Wildman–Crippen MR) is 101 cm³/mol. The Kier molecular flexibility index (Phi) is 7.16. The highest BCUT2D eigenvalue weighted by Crippen LogP contribution is 2.27. The molecule has 0 atom stereocenters. The van der Waals surface area contributed by atoms with E-state index in [-0.39, 0.29) is 0 Å². The molecule has 0 aliphatic heterocycles. The molecule has 0 radical (unpaired) electrons. The second-order valence-electron chi connectivity index (χ2n) is 5.08. The third-order valence-electron chi connectivity index (χ3n) is 3.13. The first-order valence-corrected chi connectivity index (χ1v) is 7.99. The molecule has 8 nitrogen and oxygen atoms in total. The lowest BCUT2D eigenvalue weighted by Crippen LogP contribution is -2.18. The minimum Gasteiger partial charge on any atom is -0.495 e. The molecule has 0 unspecified atom stereocenters. The van der Waals surface area contributed by atoms with Gasteiger partial charge >= 0.3 is 0 Å². The molecule has 0 aromatic heterocycles. The van der Waals surface area contributed by atoms with Gasteiger partial charge in [-0.2, -0.15) is 5.26 Å².